The fourth-order valence-electron chi connectivity index (χ4n) is 3.62. The van der Waals surface area contributed by atoms with Crippen LogP contribution in [-0.2, 0) is 16.0 Å². The number of benzene rings is 2. The molecule has 0 aliphatic carbocycles. The average molecular weight is 466 g/mol. The van der Waals surface area contributed by atoms with Crippen molar-refractivity contribution in [1.82, 2.24) is 15.2 Å². The first-order chi connectivity index (χ1) is 15.5. The smallest absolute Gasteiger partial charge is 0.266 e. The van der Waals surface area contributed by atoms with Crippen LogP contribution in [0, 0.1) is 0 Å². The predicted molar refractivity (Wildman–Crippen MR) is 132 cm³/mol. The van der Waals surface area contributed by atoms with Gasteiger partial charge in [0.2, 0.25) is 5.91 Å². The lowest BCUT2D eigenvalue weighted by Gasteiger charge is -2.22. The largest absolute Gasteiger partial charge is 0.497 e. The van der Waals surface area contributed by atoms with Crippen molar-refractivity contribution < 1.29 is 14.3 Å². The number of rotatable bonds is 7. The Labute approximate surface area is 196 Å². The Hall–Kier alpha value is -3.10. The summed E-state index contributed by atoms with van der Waals surface area (Å²) in [5.41, 5.74) is 3.05. The summed E-state index contributed by atoms with van der Waals surface area (Å²) in [4.78, 5) is 30.8. The van der Waals surface area contributed by atoms with Gasteiger partial charge in [-0.3, -0.25) is 14.5 Å². The lowest BCUT2D eigenvalue weighted by Crippen LogP contribution is -2.47. The standard InChI is InChI=1S/C24H23N3O3S2/c1-15(22(28)25-11-10-17-14-26-20-9-4-3-8-19(17)20)27-23(29)21(32-24(27)31)13-16-6-5-7-18(12-16)30-2/h3-9,12-15,26H,10-11H2,1-2H3,(H,25,28). The van der Waals surface area contributed by atoms with Gasteiger partial charge in [0.1, 0.15) is 16.1 Å². The lowest BCUT2D eigenvalue weighted by atomic mass is 10.1. The number of aromatic nitrogens is 1. The van der Waals surface area contributed by atoms with Crippen LogP contribution in [0.25, 0.3) is 17.0 Å². The Balaban J connectivity index is 1.39. The highest BCUT2D eigenvalue weighted by molar-refractivity contribution is 8.26. The first kappa shape index (κ1) is 22.1. The molecule has 3 aromatic rings. The molecule has 1 fully saturated rings. The van der Waals surface area contributed by atoms with Crippen molar-refractivity contribution in [2.45, 2.75) is 19.4 Å². The van der Waals surface area contributed by atoms with Gasteiger partial charge in [-0.2, -0.15) is 0 Å². The van der Waals surface area contributed by atoms with E-state index in [4.69, 9.17) is 17.0 Å². The summed E-state index contributed by atoms with van der Waals surface area (Å²) in [6.07, 6.45) is 4.42. The van der Waals surface area contributed by atoms with Crippen LogP contribution in [0.2, 0.25) is 0 Å². The number of carbonyl (C=O) groups excluding carboxylic acids is 2. The molecule has 1 unspecified atom stereocenters. The van der Waals surface area contributed by atoms with Gasteiger partial charge in [-0.25, -0.2) is 0 Å². The zero-order chi connectivity index (χ0) is 22.7. The third kappa shape index (κ3) is 4.56. The minimum Gasteiger partial charge on any atom is -0.497 e. The molecule has 2 aromatic carbocycles. The number of methoxy groups -OCH3 is 1. The number of carbonyl (C=O) groups is 2. The maximum atomic E-state index is 13.0. The quantitative estimate of drug-likeness (QED) is 0.406. The molecule has 4 rings (SSSR count). The first-order valence-electron chi connectivity index (χ1n) is 10.2. The number of nitrogens with one attached hydrogen (secondary N) is 2. The molecular weight excluding hydrogens is 442 g/mol. The molecule has 0 saturated carbocycles. The number of nitrogens with zero attached hydrogens (tertiary/aromatic N) is 1. The number of thiocarbonyl (C=S) groups is 1. The van der Waals surface area contributed by atoms with Gasteiger partial charge in [0.05, 0.1) is 12.0 Å². The summed E-state index contributed by atoms with van der Waals surface area (Å²) >= 11 is 6.61. The summed E-state index contributed by atoms with van der Waals surface area (Å²) in [5, 5.41) is 4.08. The van der Waals surface area contributed by atoms with Crippen LogP contribution in [0.15, 0.2) is 59.6 Å². The highest BCUT2D eigenvalue weighted by Crippen LogP contribution is 2.34. The fourth-order valence-corrected chi connectivity index (χ4v) is 5.04. The van der Waals surface area contributed by atoms with Crippen molar-refractivity contribution >= 4 is 57.1 Å². The van der Waals surface area contributed by atoms with Crippen molar-refractivity contribution in [3.63, 3.8) is 0 Å². The Bertz CT molecular complexity index is 1220. The van der Waals surface area contributed by atoms with Gasteiger partial charge in [-0.1, -0.05) is 54.3 Å². The van der Waals surface area contributed by atoms with E-state index in [0.717, 1.165) is 22.0 Å². The second-order valence-electron chi connectivity index (χ2n) is 7.40. The molecule has 1 aliphatic heterocycles. The van der Waals surface area contributed by atoms with Crippen LogP contribution in [0.1, 0.15) is 18.1 Å². The Morgan fingerprint density at radius 2 is 2.09 bits per heavy atom. The number of amides is 2. The molecule has 164 valence electrons. The third-order valence-electron chi connectivity index (χ3n) is 5.35. The minimum absolute atomic E-state index is 0.233. The van der Waals surface area contributed by atoms with E-state index in [-0.39, 0.29) is 11.8 Å². The van der Waals surface area contributed by atoms with Gasteiger partial charge >= 0.3 is 0 Å². The van der Waals surface area contributed by atoms with Crippen LogP contribution in [0.4, 0.5) is 0 Å². The maximum Gasteiger partial charge on any atom is 0.266 e. The first-order valence-corrected chi connectivity index (χ1v) is 11.4. The van der Waals surface area contributed by atoms with Crippen molar-refractivity contribution in [1.29, 1.82) is 0 Å². The number of ether oxygens (including phenoxy) is 1. The molecule has 2 heterocycles. The van der Waals surface area contributed by atoms with Crippen molar-refractivity contribution in [3.8, 4) is 5.75 Å². The summed E-state index contributed by atoms with van der Waals surface area (Å²) in [5.74, 6) is 0.211. The van der Waals surface area contributed by atoms with Gasteiger partial charge in [-0.05, 0) is 48.7 Å². The molecule has 0 bridgehead atoms. The molecule has 2 N–H and O–H groups in total. The topological polar surface area (TPSA) is 74.4 Å². The van der Waals surface area contributed by atoms with Gasteiger partial charge in [0, 0.05) is 23.6 Å². The van der Waals surface area contributed by atoms with E-state index >= 15 is 0 Å². The molecule has 32 heavy (non-hydrogen) atoms. The van der Waals surface area contributed by atoms with E-state index < -0.39 is 6.04 Å². The van der Waals surface area contributed by atoms with Gasteiger partial charge in [0.25, 0.3) is 5.91 Å². The maximum absolute atomic E-state index is 13.0. The number of hydrogen-bond acceptors (Lipinski definition) is 5. The molecule has 6 nitrogen and oxygen atoms in total. The normalized spacial score (nSPS) is 16.1. The van der Waals surface area contributed by atoms with E-state index in [2.05, 4.69) is 16.4 Å². The van der Waals surface area contributed by atoms with Crippen LogP contribution in [-0.4, -0.2) is 45.7 Å². The molecule has 1 atom stereocenters. The number of fused-ring (bicyclic) bond motifs is 1. The predicted octanol–water partition coefficient (Wildman–Crippen LogP) is 4.13. The number of hydrogen-bond donors (Lipinski definition) is 2. The number of H-pyrrole nitrogens is 1. The summed E-state index contributed by atoms with van der Waals surface area (Å²) < 4.78 is 5.61. The number of aromatic amines is 1. The van der Waals surface area contributed by atoms with Crippen molar-refractivity contribution in [3.05, 3.63) is 70.8 Å². The van der Waals surface area contributed by atoms with Crippen LogP contribution in [0.3, 0.4) is 0 Å². The lowest BCUT2D eigenvalue weighted by molar-refractivity contribution is -0.132. The highest BCUT2D eigenvalue weighted by Gasteiger charge is 2.38. The van der Waals surface area contributed by atoms with E-state index in [1.54, 1.807) is 20.1 Å². The zero-order valence-electron chi connectivity index (χ0n) is 17.8. The summed E-state index contributed by atoms with van der Waals surface area (Å²) in [6, 6.07) is 14.8. The Morgan fingerprint density at radius 1 is 1.28 bits per heavy atom. The molecule has 1 saturated heterocycles. The minimum atomic E-state index is -0.693. The van der Waals surface area contributed by atoms with Gasteiger partial charge < -0.3 is 15.0 Å². The zero-order valence-corrected chi connectivity index (χ0v) is 19.4. The van der Waals surface area contributed by atoms with E-state index in [1.165, 1.54) is 16.7 Å². The molecule has 8 heteroatoms. The average Bonchev–Trinajstić information content (AvgIpc) is 3.33. The molecule has 2 amide bonds. The number of thioether (sulfide) groups is 1. The van der Waals surface area contributed by atoms with Crippen molar-refractivity contribution in [2.75, 3.05) is 13.7 Å². The van der Waals surface area contributed by atoms with Gasteiger partial charge in [-0.15, -0.1) is 0 Å². The Kier molecular flexibility index (Phi) is 6.62. The highest BCUT2D eigenvalue weighted by atomic mass is 32.2. The molecule has 1 aromatic heterocycles. The molecule has 0 spiro atoms. The van der Waals surface area contributed by atoms with Crippen LogP contribution < -0.4 is 10.1 Å². The summed E-state index contributed by atoms with van der Waals surface area (Å²) in [6.45, 7) is 2.17. The molecule has 0 radical (unpaired) electrons. The SMILES string of the molecule is COc1cccc(C=C2SC(=S)N(C(C)C(=O)NCCc3c[nH]c4ccccc34)C2=O)c1. The molecular formula is C24H23N3O3S2. The Morgan fingerprint density at radius 3 is 2.91 bits per heavy atom. The van der Waals surface area contributed by atoms with Crippen molar-refractivity contribution in [2.24, 2.45) is 0 Å². The monoisotopic (exact) mass is 465 g/mol. The van der Waals surface area contributed by atoms with Gasteiger partial charge in [0.15, 0.2) is 0 Å². The number of para-hydroxylation sites is 1. The second kappa shape index (κ2) is 9.58. The second-order valence-corrected chi connectivity index (χ2v) is 9.08. The fraction of sp³-hybridized carbons (Fsp3) is 0.208. The third-order valence-corrected chi connectivity index (χ3v) is 6.68. The molecule has 1 aliphatic rings. The van der Waals surface area contributed by atoms with Crippen LogP contribution >= 0.6 is 24.0 Å². The van der Waals surface area contributed by atoms with E-state index in [1.807, 2.05) is 48.7 Å². The van der Waals surface area contributed by atoms with E-state index in [0.29, 0.717) is 27.9 Å². The van der Waals surface area contributed by atoms with Crippen LogP contribution in [0.5, 0.6) is 5.75 Å². The van der Waals surface area contributed by atoms with E-state index in [9.17, 15) is 9.59 Å². The summed E-state index contributed by atoms with van der Waals surface area (Å²) in [7, 11) is 1.59.